The van der Waals surface area contributed by atoms with E-state index in [9.17, 15) is 0 Å². The van der Waals surface area contributed by atoms with Crippen molar-refractivity contribution in [3.05, 3.63) is 46.7 Å². The van der Waals surface area contributed by atoms with Crippen molar-refractivity contribution < 1.29 is 0 Å². The zero-order valence-electron chi connectivity index (χ0n) is 9.54. The molecule has 0 bridgehead atoms. The molecule has 0 aliphatic rings. The maximum Gasteiger partial charge on any atom is 0.201 e. The summed E-state index contributed by atoms with van der Waals surface area (Å²) in [6.07, 6.45) is 3.75. The third-order valence-corrected chi connectivity index (χ3v) is 4.22. The Balaban J connectivity index is 1.98. The molecule has 0 saturated heterocycles. The first kappa shape index (κ1) is 11.7. The van der Waals surface area contributed by atoms with Gasteiger partial charge in [-0.1, -0.05) is 6.07 Å². The predicted octanol–water partition coefficient (Wildman–Crippen LogP) is 3.35. The summed E-state index contributed by atoms with van der Waals surface area (Å²) in [5.41, 5.74) is 2.00. The highest BCUT2D eigenvalue weighted by atomic mass is 79.9. The van der Waals surface area contributed by atoms with Crippen molar-refractivity contribution in [2.24, 2.45) is 0 Å². The van der Waals surface area contributed by atoms with Crippen LogP contribution in [0.15, 0.2) is 51.3 Å². The number of rotatable bonds is 2. The Labute approximate surface area is 117 Å². The largest absolute Gasteiger partial charge is 0.277 e. The van der Waals surface area contributed by atoms with Crippen LogP contribution in [0.3, 0.4) is 0 Å². The number of aromatic nitrogens is 4. The van der Waals surface area contributed by atoms with Crippen LogP contribution in [0.2, 0.25) is 0 Å². The Bertz CT molecular complexity index is 710. The van der Waals surface area contributed by atoms with Gasteiger partial charge in [0.15, 0.2) is 5.65 Å². The summed E-state index contributed by atoms with van der Waals surface area (Å²) in [7, 11) is 0. The second-order valence-corrected chi connectivity index (χ2v) is 5.63. The first-order valence-corrected chi connectivity index (χ1v) is 6.95. The molecule has 18 heavy (non-hydrogen) atoms. The zero-order chi connectivity index (χ0) is 12.5. The van der Waals surface area contributed by atoms with E-state index in [2.05, 4.69) is 31.1 Å². The molecule has 0 aliphatic heterocycles. The molecule has 90 valence electrons. The molecule has 3 heterocycles. The molecule has 0 amide bonds. The highest BCUT2D eigenvalue weighted by Crippen LogP contribution is 2.27. The molecule has 0 aliphatic carbocycles. The fraction of sp³-hybridized carbons (Fsp3) is 0.0833. The van der Waals surface area contributed by atoms with Gasteiger partial charge in [0.25, 0.3) is 0 Å². The lowest BCUT2D eigenvalue weighted by molar-refractivity contribution is 0.916. The van der Waals surface area contributed by atoms with Crippen LogP contribution < -0.4 is 0 Å². The molecule has 4 nitrogen and oxygen atoms in total. The monoisotopic (exact) mass is 320 g/mol. The predicted molar refractivity (Wildman–Crippen MR) is 73.8 cm³/mol. The van der Waals surface area contributed by atoms with E-state index >= 15 is 0 Å². The van der Waals surface area contributed by atoms with Crippen molar-refractivity contribution in [3.8, 4) is 0 Å². The Morgan fingerprint density at radius 3 is 3.00 bits per heavy atom. The van der Waals surface area contributed by atoms with Crippen molar-refractivity contribution in [1.29, 1.82) is 0 Å². The van der Waals surface area contributed by atoms with Crippen LogP contribution in [-0.2, 0) is 0 Å². The van der Waals surface area contributed by atoms with Gasteiger partial charge in [-0.25, -0.2) is 4.98 Å². The molecule has 6 heteroatoms. The molecule has 0 saturated carbocycles. The minimum absolute atomic E-state index is 0.819. The van der Waals surface area contributed by atoms with Gasteiger partial charge >= 0.3 is 0 Å². The molecule has 3 aromatic rings. The van der Waals surface area contributed by atoms with Crippen molar-refractivity contribution in [2.45, 2.75) is 17.1 Å². The van der Waals surface area contributed by atoms with Gasteiger partial charge in [0, 0.05) is 16.9 Å². The van der Waals surface area contributed by atoms with Crippen LogP contribution in [0, 0.1) is 6.92 Å². The Morgan fingerprint density at radius 2 is 2.17 bits per heavy atom. The Morgan fingerprint density at radius 1 is 1.28 bits per heavy atom. The third-order valence-electron chi connectivity index (χ3n) is 2.50. The average Bonchev–Trinajstić information content (AvgIpc) is 2.78. The first-order valence-electron chi connectivity index (χ1n) is 5.34. The Kier molecular flexibility index (Phi) is 3.05. The summed E-state index contributed by atoms with van der Waals surface area (Å²) in [5.74, 6) is 0. The minimum atomic E-state index is 0.819. The van der Waals surface area contributed by atoms with Crippen LogP contribution in [0.5, 0.6) is 0 Å². The van der Waals surface area contributed by atoms with Crippen molar-refractivity contribution in [1.82, 2.24) is 19.6 Å². The van der Waals surface area contributed by atoms with E-state index in [-0.39, 0.29) is 0 Å². The number of pyridine rings is 2. The average molecular weight is 321 g/mol. The van der Waals surface area contributed by atoms with E-state index in [1.807, 2.05) is 41.8 Å². The molecule has 0 unspecified atom stereocenters. The third kappa shape index (κ3) is 2.13. The van der Waals surface area contributed by atoms with Crippen LogP contribution >= 0.6 is 27.7 Å². The van der Waals surface area contributed by atoms with E-state index < -0.39 is 0 Å². The number of fused-ring (bicyclic) bond motifs is 1. The van der Waals surface area contributed by atoms with Crippen LogP contribution in [0.4, 0.5) is 0 Å². The summed E-state index contributed by atoms with van der Waals surface area (Å²) in [4.78, 5) is 4.36. The second kappa shape index (κ2) is 4.70. The van der Waals surface area contributed by atoms with E-state index in [4.69, 9.17) is 0 Å². The first-order chi connectivity index (χ1) is 8.74. The molecular formula is C12H9BrN4S. The maximum absolute atomic E-state index is 4.36. The molecule has 0 radical (unpaired) electrons. The number of nitrogens with zero attached hydrogens (tertiary/aromatic N) is 4. The second-order valence-electron chi connectivity index (χ2n) is 3.79. The molecule has 0 atom stereocenters. The standard InChI is InChI=1S/C12H9BrN4S/c1-8-6-11(14-7-9(8)13)18-12-16-15-10-4-2-3-5-17(10)12/h2-7H,1H3. The quantitative estimate of drug-likeness (QED) is 0.726. The molecule has 0 fully saturated rings. The molecule has 3 aromatic heterocycles. The van der Waals surface area contributed by atoms with Gasteiger partial charge in [-0.15, -0.1) is 10.2 Å². The van der Waals surface area contributed by atoms with Gasteiger partial charge in [-0.2, -0.15) is 0 Å². The fourth-order valence-electron chi connectivity index (χ4n) is 1.55. The Hall–Kier alpha value is -1.40. The highest BCUT2D eigenvalue weighted by molar-refractivity contribution is 9.10. The van der Waals surface area contributed by atoms with E-state index in [1.54, 1.807) is 6.20 Å². The van der Waals surface area contributed by atoms with E-state index in [1.165, 1.54) is 11.8 Å². The number of hydrogen-bond acceptors (Lipinski definition) is 4. The summed E-state index contributed by atoms with van der Waals surface area (Å²) < 4.78 is 2.96. The lowest BCUT2D eigenvalue weighted by Gasteiger charge is -2.01. The topological polar surface area (TPSA) is 43.1 Å². The van der Waals surface area contributed by atoms with Crippen molar-refractivity contribution >= 4 is 33.3 Å². The number of hydrogen-bond donors (Lipinski definition) is 0. The number of aryl methyl sites for hydroxylation is 1. The minimum Gasteiger partial charge on any atom is -0.277 e. The maximum atomic E-state index is 4.36. The van der Waals surface area contributed by atoms with E-state index in [0.29, 0.717) is 0 Å². The fourth-order valence-corrected chi connectivity index (χ4v) is 2.63. The van der Waals surface area contributed by atoms with Gasteiger partial charge in [0.1, 0.15) is 5.03 Å². The smallest absolute Gasteiger partial charge is 0.201 e. The summed E-state index contributed by atoms with van der Waals surface area (Å²) in [6.45, 7) is 2.04. The lowest BCUT2D eigenvalue weighted by Crippen LogP contribution is -1.88. The highest BCUT2D eigenvalue weighted by Gasteiger charge is 2.08. The lowest BCUT2D eigenvalue weighted by atomic mass is 10.3. The summed E-state index contributed by atoms with van der Waals surface area (Å²) >= 11 is 4.95. The summed E-state index contributed by atoms with van der Waals surface area (Å²) in [5, 5.41) is 10.0. The van der Waals surface area contributed by atoms with E-state index in [0.717, 1.165) is 25.9 Å². The number of halogens is 1. The SMILES string of the molecule is Cc1cc(Sc2nnc3ccccn23)ncc1Br. The molecular weight excluding hydrogens is 312 g/mol. The van der Waals surface area contributed by atoms with Crippen LogP contribution in [0.25, 0.3) is 5.65 Å². The summed E-state index contributed by atoms with van der Waals surface area (Å²) in [6, 6.07) is 7.86. The van der Waals surface area contributed by atoms with Gasteiger partial charge < -0.3 is 0 Å². The molecule has 0 aromatic carbocycles. The van der Waals surface area contributed by atoms with Crippen LogP contribution in [0.1, 0.15) is 5.56 Å². The molecule has 0 spiro atoms. The van der Waals surface area contributed by atoms with Crippen LogP contribution in [-0.4, -0.2) is 19.6 Å². The zero-order valence-corrected chi connectivity index (χ0v) is 11.9. The van der Waals surface area contributed by atoms with Crippen molar-refractivity contribution in [3.63, 3.8) is 0 Å². The van der Waals surface area contributed by atoms with Gasteiger partial charge in [-0.05, 0) is 58.4 Å². The van der Waals surface area contributed by atoms with Gasteiger partial charge in [0.2, 0.25) is 5.16 Å². The van der Waals surface area contributed by atoms with Gasteiger partial charge in [0.05, 0.1) is 0 Å². The molecule has 3 rings (SSSR count). The normalized spacial score (nSPS) is 11.0. The van der Waals surface area contributed by atoms with Gasteiger partial charge in [-0.3, -0.25) is 4.40 Å². The molecule has 0 N–H and O–H groups in total. The van der Waals surface area contributed by atoms with Crippen molar-refractivity contribution in [2.75, 3.05) is 0 Å².